The summed E-state index contributed by atoms with van der Waals surface area (Å²) in [4.78, 5) is 19.4. The maximum Gasteiger partial charge on any atom is 0.241 e. The number of pyridine rings is 1. The minimum absolute atomic E-state index is 0.00363. The summed E-state index contributed by atoms with van der Waals surface area (Å²) >= 11 is 0. The number of rotatable bonds is 6. The fourth-order valence-corrected chi connectivity index (χ4v) is 4.06. The van der Waals surface area contributed by atoms with Gasteiger partial charge in [0.15, 0.2) is 0 Å². The molecule has 32 heavy (non-hydrogen) atoms. The lowest BCUT2D eigenvalue weighted by molar-refractivity contribution is -0.122. The van der Waals surface area contributed by atoms with Crippen molar-refractivity contribution in [2.24, 2.45) is 0 Å². The number of anilines is 1. The van der Waals surface area contributed by atoms with Gasteiger partial charge >= 0.3 is 0 Å². The number of carbonyl (C=O) groups is 1. The Bertz CT molecular complexity index is 1190. The zero-order valence-electron chi connectivity index (χ0n) is 17.5. The molecule has 2 aromatic carbocycles. The monoisotopic (exact) mass is 429 g/mol. The molecule has 0 radical (unpaired) electrons. The number of hydrogen-bond donors (Lipinski definition) is 1. The molecule has 0 aliphatic carbocycles. The molecular formula is C24H23N5O3. The Hall–Kier alpha value is -3.78. The van der Waals surface area contributed by atoms with E-state index in [0.29, 0.717) is 18.0 Å². The third kappa shape index (κ3) is 4.45. The van der Waals surface area contributed by atoms with E-state index in [1.54, 1.807) is 12.4 Å². The van der Waals surface area contributed by atoms with Crippen LogP contribution < -0.4 is 10.1 Å². The Morgan fingerprint density at radius 2 is 1.97 bits per heavy atom. The van der Waals surface area contributed by atoms with Crippen LogP contribution in [0.5, 0.6) is 11.5 Å². The predicted octanol–water partition coefficient (Wildman–Crippen LogP) is 4.40. The maximum atomic E-state index is 13.1. The zero-order valence-corrected chi connectivity index (χ0v) is 17.5. The Labute approximate surface area is 185 Å². The van der Waals surface area contributed by atoms with E-state index >= 15 is 0 Å². The fourth-order valence-electron chi connectivity index (χ4n) is 4.06. The summed E-state index contributed by atoms with van der Waals surface area (Å²) in [5.41, 5.74) is 3.23. The number of piperidine rings is 1. The van der Waals surface area contributed by atoms with Gasteiger partial charge in [-0.05, 0) is 77.7 Å². The molecule has 0 unspecified atom stereocenters. The maximum absolute atomic E-state index is 13.1. The molecule has 1 N–H and O–H groups in total. The van der Waals surface area contributed by atoms with Gasteiger partial charge in [0.2, 0.25) is 5.91 Å². The molecule has 1 atom stereocenters. The number of carbonyl (C=O) groups excluding carboxylic acids is 1. The first-order valence-electron chi connectivity index (χ1n) is 10.7. The number of ether oxygens (including phenoxy) is 1. The van der Waals surface area contributed by atoms with Crippen LogP contribution in [0.3, 0.4) is 0 Å². The van der Waals surface area contributed by atoms with E-state index in [1.807, 2.05) is 54.6 Å². The van der Waals surface area contributed by atoms with Crippen LogP contribution in [0.1, 0.15) is 24.8 Å². The first-order chi connectivity index (χ1) is 15.8. The quantitative estimate of drug-likeness (QED) is 0.485. The molecule has 8 heteroatoms. The van der Waals surface area contributed by atoms with Crippen molar-refractivity contribution < 1.29 is 14.2 Å². The van der Waals surface area contributed by atoms with Crippen LogP contribution >= 0.6 is 0 Å². The molecule has 4 aromatic rings. The van der Waals surface area contributed by atoms with E-state index in [9.17, 15) is 4.79 Å². The van der Waals surface area contributed by atoms with Crippen LogP contribution in [0, 0.1) is 0 Å². The predicted molar refractivity (Wildman–Crippen MR) is 119 cm³/mol. The van der Waals surface area contributed by atoms with Crippen LogP contribution in [0.2, 0.25) is 0 Å². The number of benzene rings is 2. The van der Waals surface area contributed by atoms with Crippen molar-refractivity contribution in [3.8, 4) is 11.5 Å². The van der Waals surface area contributed by atoms with E-state index in [0.717, 1.165) is 48.1 Å². The van der Waals surface area contributed by atoms with Gasteiger partial charge in [-0.1, -0.05) is 18.6 Å². The van der Waals surface area contributed by atoms with Crippen molar-refractivity contribution in [3.05, 3.63) is 72.6 Å². The number of aromatic nitrogens is 3. The van der Waals surface area contributed by atoms with Crippen molar-refractivity contribution in [2.45, 2.75) is 31.8 Å². The lowest BCUT2D eigenvalue weighted by Gasteiger charge is -2.34. The second-order valence-corrected chi connectivity index (χ2v) is 7.84. The fraction of sp³-hybridized carbons (Fsp3) is 0.250. The van der Waals surface area contributed by atoms with Gasteiger partial charge in [0.05, 0.1) is 12.2 Å². The average Bonchev–Trinajstić information content (AvgIpc) is 3.31. The van der Waals surface area contributed by atoms with Crippen molar-refractivity contribution in [2.75, 3.05) is 11.9 Å². The van der Waals surface area contributed by atoms with Gasteiger partial charge in [0.25, 0.3) is 0 Å². The van der Waals surface area contributed by atoms with Crippen molar-refractivity contribution in [1.82, 2.24) is 20.2 Å². The number of nitrogens with one attached hydrogen (secondary N) is 1. The molecule has 1 aliphatic heterocycles. The minimum atomic E-state index is -0.204. The molecule has 0 spiro atoms. The Kier molecular flexibility index (Phi) is 5.76. The molecule has 1 saturated heterocycles. The standard InChI is InChI=1S/C24H23N5O3/c30-24(26-18-9-11-19(12-10-18)31-20-6-4-13-25-15-20)22-8-1-2-14-29(22)16-17-5-3-7-21-23(17)28-32-27-21/h3-7,9-13,15,22H,1-2,8,14,16H2,(H,26,30)/t22-/m1/s1. The molecule has 0 saturated carbocycles. The van der Waals surface area contributed by atoms with Crippen LogP contribution in [0.4, 0.5) is 5.69 Å². The molecule has 0 bridgehead atoms. The van der Waals surface area contributed by atoms with Gasteiger partial charge in [-0.2, -0.15) is 0 Å². The molecule has 162 valence electrons. The SMILES string of the molecule is O=C(Nc1ccc(Oc2cccnc2)cc1)[C@H]1CCCCN1Cc1cccc2nonc12. The number of likely N-dealkylation sites (tertiary alicyclic amines) is 1. The van der Waals surface area contributed by atoms with Crippen molar-refractivity contribution in [1.29, 1.82) is 0 Å². The summed E-state index contributed by atoms with van der Waals surface area (Å²) in [6.07, 6.45) is 6.27. The summed E-state index contributed by atoms with van der Waals surface area (Å²) in [5.74, 6) is 1.35. The highest BCUT2D eigenvalue weighted by molar-refractivity contribution is 5.95. The molecule has 8 nitrogen and oxygen atoms in total. The Morgan fingerprint density at radius 3 is 2.81 bits per heavy atom. The van der Waals surface area contributed by atoms with Crippen LogP contribution in [-0.4, -0.2) is 38.7 Å². The second-order valence-electron chi connectivity index (χ2n) is 7.84. The summed E-state index contributed by atoms with van der Waals surface area (Å²) in [6.45, 7) is 1.49. The Morgan fingerprint density at radius 1 is 1.06 bits per heavy atom. The van der Waals surface area contributed by atoms with E-state index in [4.69, 9.17) is 9.37 Å². The topological polar surface area (TPSA) is 93.4 Å². The van der Waals surface area contributed by atoms with Gasteiger partial charge < -0.3 is 10.1 Å². The molecule has 5 rings (SSSR count). The largest absolute Gasteiger partial charge is 0.456 e. The highest BCUT2D eigenvalue weighted by Crippen LogP contribution is 2.25. The van der Waals surface area contributed by atoms with Gasteiger partial charge in [0, 0.05) is 18.4 Å². The van der Waals surface area contributed by atoms with Crippen molar-refractivity contribution in [3.63, 3.8) is 0 Å². The lowest BCUT2D eigenvalue weighted by atomic mass is 10.00. The van der Waals surface area contributed by atoms with Crippen molar-refractivity contribution >= 4 is 22.6 Å². The summed E-state index contributed by atoms with van der Waals surface area (Å²) in [5, 5.41) is 11.0. The first-order valence-corrected chi connectivity index (χ1v) is 10.7. The minimum Gasteiger partial charge on any atom is -0.456 e. The molecular weight excluding hydrogens is 406 g/mol. The summed E-state index contributed by atoms with van der Waals surface area (Å²) in [7, 11) is 0. The lowest BCUT2D eigenvalue weighted by Crippen LogP contribution is -2.46. The van der Waals surface area contributed by atoms with Gasteiger partial charge in [-0.3, -0.25) is 14.7 Å². The van der Waals surface area contributed by atoms with E-state index < -0.39 is 0 Å². The Balaban J connectivity index is 1.26. The van der Waals surface area contributed by atoms with E-state index in [1.165, 1.54) is 0 Å². The molecule has 2 aromatic heterocycles. The van der Waals surface area contributed by atoms with E-state index in [-0.39, 0.29) is 11.9 Å². The average molecular weight is 429 g/mol. The van der Waals surface area contributed by atoms with Gasteiger partial charge in [-0.15, -0.1) is 0 Å². The third-order valence-corrected chi connectivity index (χ3v) is 5.65. The van der Waals surface area contributed by atoms with Crippen LogP contribution in [-0.2, 0) is 11.3 Å². The smallest absolute Gasteiger partial charge is 0.241 e. The first kappa shape index (κ1) is 20.1. The van der Waals surface area contributed by atoms with E-state index in [2.05, 4.69) is 25.5 Å². The van der Waals surface area contributed by atoms with Crippen LogP contribution in [0.15, 0.2) is 71.6 Å². The second kappa shape index (κ2) is 9.15. The highest BCUT2D eigenvalue weighted by atomic mass is 16.6. The third-order valence-electron chi connectivity index (χ3n) is 5.65. The van der Waals surface area contributed by atoms with Gasteiger partial charge in [0.1, 0.15) is 22.5 Å². The molecule has 1 fully saturated rings. The molecule has 1 amide bonds. The number of fused-ring (bicyclic) bond motifs is 1. The van der Waals surface area contributed by atoms with Gasteiger partial charge in [-0.25, -0.2) is 4.63 Å². The summed E-state index contributed by atoms with van der Waals surface area (Å²) < 4.78 is 10.6. The zero-order chi connectivity index (χ0) is 21.8. The number of hydrogen-bond acceptors (Lipinski definition) is 7. The molecule has 1 aliphatic rings. The molecule has 3 heterocycles. The number of amides is 1. The normalized spacial score (nSPS) is 16.7. The number of nitrogens with zero attached hydrogens (tertiary/aromatic N) is 4. The highest BCUT2D eigenvalue weighted by Gasteiger charge is 2.29. The van der Waals surface area contributed by atoms with Crippen LogP contribution in [0.25, 0.3) is 11.0 Å². The summed E-state index contributed by atoms with van der Waals surface area (Å²) in [6, 6.07) is 16.6.